The fraction of sp³-hybridized carbons (Fsp3) is 0.300. The Labute approximate surface area is 163 Å². The number of para-hydroxylation sites is 1. The lowest BCUT2D eigenvalue weighted by Gasteiger charge is -2.28. The van der Waals surface area contributed by atoms with E-state index in [9.17, 15) is 18.0 Å². The molecule has 0 spiro atoms. The van der Waals surface area contributed by atoms with Crippen molar-refractivity contribution in [2.45, 2.75) is 19.1 Å². The first-order valence-electron chi connectivity index (χ1n) is 8.84. The second-order valence-electron chi connectivity index (χ2n) is 6.59. The number of benzene rings is 2. The zero-order valence-corrected chi connectivity index (χ0v) is 16.0. The number of aliphatic hydroxyl groups excluding tert-OH is 1. The van der Waals surface area contributed by atoms with Crippen LogP contribution >= 0.6 is 0 Å². The van der Waals surface area contributed by atoms with Gasteiger partial charge >= 0.3 is 5.97 Å². The number of amides is 1. The molecule has 1 aliphatic rings. The van der Waals surface area contributed by atoms with E-state index in [0.717, 1.165) is 0 Å². The highest BCUT2D eigenvalue weighted by Gasteiger charge is 2.35. The Balaban J connectivity index is 1.71. The molecule has 2 aromatic rings. The van der Waals surface area contributed by atoms with Crippen molar-refractivity contribution >= 4 is 27.4 Å². The van der Waals surface area contributed by atoms with Crippen LogP contribution in [0.1, 0.15) is 22.3 Å². The molecule has 0 aliphatic carbocycles. The van der Waals surface area contributed by atoms with Crippen molar-refractivity contribution in [2.24, 2.45) is 0 Å². The number of nitrogens with zero attached hydrogens (tertiary/aromatic N) is 1. The summed E-state index contributed by atoms with van der Waals surface area (Å²) in [7, 11) is -3.18. The van der Waals surface area contributed by atoms with Gasteiger partial charge in [0.15, 0.2) is 16.4 Å². The Bertz CT molecular complexity index is 940. The number of hydrogen-bond acceptors (Lipinski definition) is 6. The van der Waals surface area contributed by atoms with Crippen LogP contribution in [0.25, 0.3) is 0 Å². The van der Waals surface area contributed by atoms with E-state index in [1.807, 2.05) is 0 Å². The third-order valence-electron chi connectivity index (χ3n) is 4.58. The molecule has 0 saturated carbocycles. The van der Waals surface area contributed by atoms with Gasteiger partial charge in [0.1, 0.15) is 0 Å². The van der Waals surface area contributed by atoms with E-state index in [0.29, 0.717) is 17.7 Å². The van der Waals surface area contributed by atoms with Gasteiger partial charge in [-0.1, -0.05) is 30.3 Å². The molecule has 1 heterocycles. The monoisotopic (exact) mass is 403 g/mol. The first kappa shape index (κ1) is 20.0. The molecule has 148 valence electrons. The van der Waals surface area contributed by atoms with E-state index < -0.39 is 34.4 Å². The van der Waals surface area contributed by atoms with Gasteiger partial charge in [-0.25, -0.2) is 13.2 Å². The second kappa shape index (κ2) is 8.53. The van der Waals surface area contributed by atoms with Gasteiger partial charge in [-0.3, -0.25) is 4.79 Å². The van der Waals surface area contributed by atoms with Crippen LogP contribution in [0.5, 0.6) is 0 Å². The summed E-state index contributed by atoms with van der Waals surface area (Å²) in [4.78, 5) is 26.4. The van der Waals surface area contributed by atoms with Crippen LogP contribution in [0.15, 0.2) is 54.6 Å². The molecular weight excluding hydrogens is 382 g/mol. The molecular formula is C20H21NO6S. The first-order chi connectivity index (χ1) is 13.4. The van der Waals surface area contributed by atoms with Gasteiger partial charge in [-0.2, -0.15) is 0 Å². The lowest BCUT2D eigenvalue weighted by molar-refractivity contribution is -0.122. The average Bonchev–Trinajstić information content (AvgIpc) is 3.06. The minimum atomic E-state index is -3.18. The Morgan fingerprint density at radius 2 is 1.75 bits per heavy atom. The molecule has 0 radical (unpaired) electrons. The number of carbonyl (C=O) groups excluding carboxylic acids is 2. The van der Waals surface area contributed by atoms with Crippen LogP contribution in [0.3, 0.4) is 0 Å². The number of sulfone groups is 1. The van der Waals surface area contributed by atoms with Crippen molar-refractivity contribution < 1.29 is 27.9 Å². The number of ether oxygens (including phenoxy) is 1. The molecule has 1 aliphatic heterocycles. The summed E-state index contributed by atoms with van der Waals surface area (Å²) in [6.07, 6.45) is 0.347. The smallest absolute Gasteiger partial charge is 0.338 e. The third-order valence-corrected chi connectivity index (χ3v) is 6.33. The molecule has 7 nitrogen and oxygen atoms in total. The molecule has 1 atom stereocenters. The SMILES string of the molecule is O=C(OCC(=O)N(c1ccccc1)C1CCS(=O)(=O)C1)c1ccc(CO)cc1. The van der Waals surface area contributed by atoms with Crippen LogP contribution in [0.2, 0.25) is 0 Å². The largest absolute Gasteiger partial charge is 0.452 e. The molecule has 1 fully saturated rings. The number of esters is 1. The van der Waals surface area contributed by atoms with Gasteiger partial charge in [0.2, 0.25) is 0 Å². The highest BCUT2D eigenvalue weighted by atomic mass is 32.2. The molecule has 3 rings (SSSR count). The topological polar surface area (TPSA) is 101 Å². The Kier molecular flexibility index (Phi) is 6.11. The fourth-order valence-electron chi connectivity index (χ4n) is 3.15. The Hall–Kier alpha value is -2.71. The summed E-state index contributed by atoms with van der Waals surface area (Å²) >= 11 is 0. The maximum absolute atomic E-state index is 12.8. The zero-order chi connectivity index (χ0) is 20.1. The maximum atomic E-state index is 12.8. The van der Waals surface area contributed by atoms with Crippen LogP contribution < -0.4 is 4.90 Å². The average molecular weight is 403 g/mol. The van der Waals surface area contributed by atoms with Crippen molar-refractivity contribution in [2.75, 3.05) is 23.0 Å². The predicted molar refractivity (Wildman–Crippen MR) is 104 cm³/mol. The van der Waals surface area contributed by atoms with Gasteiger partial charge in [0, 0.05) is 5.69 Å². The fourth-order valence-corrected chi connectivity index (χ4v) is 4.85. The number of rotatable bonds is 6. The van der Waals surface area contributed by atoms with Crippen LogP contribution in [0.4, 0.5) is 5.69 Å². The summed E-state index contributed by atoms with van der Waals surface area (Å²) < 4.78 is 28.9. The summed E-state index contributed by atoms with van der Waals surface area (Å²) in [5.74, 6) is -1.21. The van der Waals surface area contributed by atoms with Crippen LogP contribution in [-0.2, 0) is 26.0 Å². The summed E-state index contributed by atoms with van der Waals surface area (Å²) in [5.41, 5.74) is 1.49. The minimum absolute atomic E-state index is 0.0330. The third kappa shape index (κ3) is 4.76. The van der Waals surface area contributed by atoms with E-state index in [4.69, 9.17) is 9.84 Å². The molecule has 0 aromatic heterocycles. The van der Waals surface area contributed by atoms with E-state index in [1.54, 1.807) is 42.5 Å². The van der Waals surface area contributed by atoms with Gasteiger partial charge in [0.25, 0.3) is 5.91 Å². The molecule has 1 amide bonds. The summed E-state index contributed by atoms with van der Waals surface area (Å²) in [6, 6.07) is 14.5. The van der Waals surface area contributed by atoms with E-state index in [1.165, 1.54) is 17.0 Å². The zero-order valence-electron chi connectivity index (χ0n) is 15.2. The van der Waals surface area contributed by atoms with E-state index >= 15 is 0 Å². The second-order valence-corrected chi connectivity index (χ2v) is 8.82. The summed E-state index contributed by atoms with van der Waals surface area (Å²) in [6.45, 7) is -0.629. The molecule has 1 N–H and O–H groups in total. The van der Waals surface area contributed by atoms with E-state index in [-0.39, 0.29) is 23.7 Å². The van der Waals surface area contributed by atoms with Gasteiger partial charge < -0.3 is 14.7 Å². The van der Waals surface area contributed by atoms with Crippen molar-refractivity contribution in [1.29, 1.82) is 0 Å². The normalized spacial score (nSPS) is 17.8. The van der Waals surface area contributed by atoms with Gasteiger partial charge in [-0.15, -0.1) is 0 Å². The Morgan fingerprint density at radius 3 is 2.32 bits per heavy atom. The number of carbonyl (C=O) groups is 2. The summed E-state index contributed by atoms with van der Waals surface area (Å²) in [5, 5.41) is 9.04. The highest BCUT2D eigenvalue weighted by Crippen LogP contribution is 2.24. The van der Waals surface area contributed by atoms with E-state index in [2.05, 4.69) is 0 Å². The van der Waals surface area contributed by atoms with Gasteiger partial charge in [0.05, 0.1) is 29.7 Å². The highest BCUT2D eigenvalue weighted by molar-refractivity contribution is 7.91. The number of hydrogen-bond donors (Lipinski definition) is 1. The minimum Gasteiger partial charge on any atom is -0.452 e. The quantitative estimate of drug-likeness (QED) is 0.735. The maximum Gasteiger partial charge on any atom is 0.338 e. The van der Waals surface area contributed by atoms with Crippen molar-refractivity contribution in [3.05, 3.63) is 65.7 Å². The Morgan fingerprint density at radius 1 is 1.07 bits per heavy atom. The standard InChI is InChI=1S/C20H21NO6S/c22-12-15-6-8-16(9-7-15)20(24)27-13-19(23)21(17-4-2-1-3-5-17)18-10-11-28(25,26)14-18/h1-9,18,22H,10-14H2. The molecule has 1 saturated heterocycles. The lowest BCUT2D eigenvalue weighted by atomic mass is 10.1. The first-order valence-corrected chi connectivity index (χ1v) is 10.7. The molecule has 28 heavy (non-hydrogen) atoms. The number of anilines is 1. The van der Waals surface area contributed by atoms with Crippen molar-refractivity contribution in [1.82, 2.24) is 0 Å². The van der Waals surface area contributed by atoms with Crippen LogP contribution in [-0.4, -0.2) is 49.6 Å². The molecule has 2 aromatic carbocycles. The molecule has 1 unspecified atom stereocenters. The molecule has 0 bridgehead atoms. The van der Waals surface area contributed by atoms with Gasteiger partial charge in [-0.05, 0) is 36.2 Å². The number of aliphatic hydroxyl groups is 1. The predicted octanol–water partition coefficient (Wildman–Crippen LogP) is 1.56. The molecule has 8 heteroatoms. The van der Waals surface area contributed by atoms with Crippen molar-refractivity contribution in [3.63, 3.8) is 0 Å². The van der Waals surface area contributed by atoms with Crippen molar-refractivity contribution in [3.8, 4) is 0 Å². The van der Waals surface area contributed by atoms with Crippen LogP contribution in [0, 0.1) is 0 Å². The lowest BCUT2D eigenvalue weighted by Crippen LogP contribution is -2.43.